The van der Waals surface area contributed by atoms with Crippen LogP contribution in [0.15, 0.2) is 127 Å². The molecule has 286 valence electrons. The summed E-state index contributed by atoms with van der Waals surface area (Å²) in [5, 5.41) is 14.2. The van der Waals surface area contributed by atoms with Crippen LogP contribution in [0.1, 0.15) is 20.7 Å². The Morgan fingerprint density at radius 2 is 0.983 bits per heavy atom. The van der Waals surface area contributed by atoms with Gasteiger partial charge in [0.2, 0.25) is 0 Å². The smallest absolute Gasteiger partial charge is 0.263 e. The van der Waals surface area contributed by atoms with Crippen LogP contribution in [0, 0.1) is 0 Å². The first-order chi connectivity index (χ1) is 28.3. The van der Waals surface area contributed by atoms with Gasteiger partial charge in [-0.2, -0.15) is 0 Å². The fourth-order valence-electron chi connectivity index (χ4n) is 6.50. The van der Waals surface area contributed by atoms with Gasteiger partial charge in [-0.05, 0) is 76.1 Å². The van der Waals surface area contributed by atoms with E-state index in [-0.39, 0.29) is 46.8 Å². The zero-order valence-corrected chi connectivity index (χ0v) is 30.5. The van der Waals surface area contributed by atoms with Gasteiger partial charge in [-0.15, -0.1) is 0 Å². The minimum atomic E-state index is -0.655. The van der Waals surface area contributed by atoms with Gasteiger partial charge in [0.1, 0.15) is 47.1 Å². The van der Waals surface area contributed by atoms with Crippen molar-refractivity contribution in [3.63, 3.8) is 0 Å². The predicted molar refractivity (Wildman–Crippen MR) is 218 cm³/mol. The summed E-state index contributed by atoms with van der Waals surface area (Å²) in [6.45, 7) is -1.13. The van der Waals surface area contributed by atoms with E-state index in [1.54, 1.807) is 36.4 Å². The molecule has 7 aromatic rings. The van der Waals surface area contributed by atoms with Crippen LogP contribution in [-0.2, 0) is 14.4 Å². The number of carbonyl (C=O) groups is 5. The Balaban J connectivity index is 1.20. The summed E-state index contributed by atoms with van der Waals surface area (Å²) in [5.74, 6) is -1.04. The van der Waals surface area contributed by atoms with Gasteiger partial charge >= 0.3 is 0 Å². The molecule has 58 heavy (non-hydrogen) atoms. The van der Waals surface area contributed by atoms with Crippen molar-refractivity contribution in [1.82, 2.24) is 9.97 Å². The summed E-state index contributed by atoms with van der Waals surface area (Å²) in [7, 11) is 0. The molecule has 0 radical (unpaired) electrons. The first kappa shape index (κ1) is 36.8. The first-order valence-electron chi connectivity index (χ1n) is 18.0. The highest BCUT2D eigenvalue weighted by atomic mass is 16.5. The second-order valence-corrected chi connectivity index (χ2v) is 12.9. The summed E-state index contributed by atoms with van der Waals surface area (Å²) >= 11 is 0. The Bertz CT molecular complexity index is 2590. The number of carbonyl (C=O) groups excluding carboxylic acids is 5. The van der Waals surface area contributed by atoms with E-state index in [9.17, 15) is 24.0 Å². The average molecular weight is 773 g/mol. The number of benzene rings is 5. The molecule has 1 aliphatic heterocycles. The van der Waals surface area contributed by atoms with Gasteiger partial charge in [0.15, 0.2) is 19.5 Å². The van der Waals surface area contributed by atoms with E-state index >= 15 is 0 Å². The normalized spacial score (nSPS) is 13.4. The Hall–Kier alpha value is -8.13. The van der Waals surface area contributed by atoms with Gasteiger partial charge in [0.25, 0.3) is 23.6 Å². The first-order valence-corrected chi connectivity index (χ1v) is 18.0. The number of rotatable bonds is 3. The van der Waals surface area contributed by atoms with E-state index in [2.05, 4.69) is 31.2 Å². The van der Waals surface area contributed by atoms with E-state index in [1.807, 2.05) is 60.7 Å². The minimum absolute atomic E-state index is 0.0117. The van der Waals surface area contributed by atoms with Crippen LogP contribution < -0.4 is 35.5 Å². The summed E-state index contributed by atoms with van der Waals surface area (Å²) in [6.07, 6.45) is 0.530. The fraction of sp³-hybridized carbons (Fsp3) is 0.0682. The third kappa shape index (κ3) is 8.11. The average Bonchev–Trinajstić information content (AvgIpc) is 3.23. The van der Waals surface area contributed by atoms with Crippen LogP contribution >= 0.6 is 0 Å². The molecule has 2 aromatic heterocycles. The molecule has 3 heterocycles. The van der Waals surface area contributed by atoms with Crippen molar-refractivity contribution in [3.05, 3.63) is 139 Å². The third-order valence-corrected chi connectivity index (χ3v) is 9.01. The maximum atomic E-state index is 13.5. The number of aromatic nitrogens is 2. The van der Waals surface area contributed by atoms with Crippen LogP contribution in [0.3, 0.4) is 0 Å². The molecule has 14 nitrogen and oxygen atoms in total. The number of nitrogens with zero attached hydrogens (tertiary/aromatic N) is 2. The molecule has 0 unspecified atom stereocenters. The largest absolute Gasteiger partial charge is 0.486 e. The predicted octanol–water partition coefficient (Wildman–Crippen LogP) is 6.88. The minimum Gasteiger partial charge on any atom is -0.486 e. The highest BCUT2D eigenvalue weighted by Gasteiger charge is 2.22. The number of aldehydes is 1. The number of nitrogens with one attached hydrogen (secondary N) is 4. The Morgan fingerprint density at radius 1 is 0.534 bits per heavy atom. The molecule has 14 heteroatoms. The molecule has 5 aromatic carbocycles. The van der Waals surface area contributed by atoms with Crippen molar-refractivity contribution in [1.29, 1.82) is 0 Å². The number of amides is 4. The molecule has 0 saturated heterocycles. The van der Waals surface area contributed by atoms with E-state index in [0.29, 0.717) is 28.9 Å². The summed E-state index contributed by atoms with van der Waals surface area (Å²) in [6, 6.07) is 36.2. The van der Waals surface area contributed by atoms with Crippen LogP contribution in [0.5, 0.6) is 17.2 Å². The Kier molecular flexibility index (Phi) is 10.4. The lowest BCUT2D eigenvalue weighted by molar-refractivity contribution is -0.118. The molecule has 0 spiro atoms. The highest BCUT2D eigenvalue weighted by molar-refractivity contribution is 6.11. The summed E-state index contributed by atoms with van der Waals surface area (Å²) < 4.78 is 17.9. The van der Waals surface area contributed by atoms with Crippen molar-refractivity contribution < 1.29 is 38.2 Å². The molecular weight excluding hydrogens is 741 g/mol. The molecule has 4 amide bonds. The summed E-state index contributed by atoms with van der Waals surface area (Å²) in [4.78, 5) is 73.6. The van der Waals surface area contributed by atoms with E-state index in [1.165, 1.54) is 30.3 Å². The lowest BCUT2D eigenvalue weighted by Gasteiger charge is -2.19. The molecule has 0 saturated carbocycles. The van der Waals surface area contributed by atoms with Gasteiger partial charge in [-0.25, -0.2) is 9.97 Å². The van der Waals surface area contributed by atoms with E-state index in [4.69, 9.17) is 14.2 Å². The van der Waals surface area contributed by atoms with Gasteiger partial charge in [0.05, 0.1) is 0 Å². The highest BCUT2D eigenvalue weighted by Crippen LogP contribution is 2.45. The quantitative estimate of drug-likeness (QED) is 0.138. The van der Waals surface area contributed by atoms with Crippen LogP contribution in [0.4, 0.5) is 23.3 Å². The van der Waals surface area contributed by atoms with Crippen molar-refractivity contribution in [2.75, 3.05) is 41.1 Å². The van der Waals surface area contributed by atoms with Crippen LogP contribution in [0.2, 0.25) is 0 Å². The molecule has 0 atom stereocenters. The van der Waals surface area contributed by atoms with Crippen molar-refractivity contribution >= 4 is 74.7 Å². The van der Waals surface area contributed by atoms with Crippen LogP contribution in [-0.4, -0.2) is 59.7 Å². The van der Waals surface area contributed by atoms with E-state index < -0.39 is 36.8 Å². The monoisotopic (exact) mass is 772 g/mol. The second kappa shape index (κ2) is 16.3. The number of ether oxygens (including phenoxy) is 3. The molecule has 1 aliphatic rings. The zero-order valence-electron chi connectivity index (χ0n) is 30.5. The lowest BCUT2D eigenvalue weighted by atomic mass is 9.92. The number of hydrogen-bond donors (Lipinski definition) is 4. The number of pyridine rings is 2. The SMILES string of the molecule is O=CCOc1cc2cc(c1)C(=O)Nc1cccc(n1)NC(=O)COc1ccc3ccccc3c1-c1c(ccc3ccccc13)OCC(=O)Nc1cccc(n1)NC2=O. The molecule has 0 fully saturated rings. The fourth-order valence-corrected chi connectivity index (χ4v) is 6.50. The summed E-state index contributed by atoms with van der Waals surface area (Å²) in [5.41, 5.74) is 1.33. The molecule has 6 bridgehead atoms. The number of anilines is 4. The van der Waals surface area contributed by atoms with Gasteiger partial charge < -0.3 is 35.5 Å². The van der Waals surface area contributed by atoms with Gasteiger partial charge in [-0.1, -0.05) is 72.8 Å². The standard InChI is InChI=1S/C44H32N6O8/c51-19-20-56-30-22-28-21-29(23-30)44(55)50-38-14-6-12-36(46-38)48-40(53)25-58-34-18-16-27-8-2-4-10-32(27)42(34)41-31-9-3-1-7-26(31)15-17-33(41)57-24-39(52)47-35-11-5-13-37(45-35)49-43(28)54/h1-19,21-23H,20,24-25H2,(H2,45,47,49,52,54)(H2,46,48,50,53,55). The number of fused-ring (bicyclic) bond motifs is 13. The Morgan fingerprint density at radius 3 is 1.45 bits per heavy atom. The molecule has 4 N–H and O–H groups in total. The maximum absolute atomic E-state index is 13.5. The topological polar surface area (TPSA) is 187 Å². The molecule has 0 aliphatic carbocycles. The lowest BCUT2D eigenvalue weighted by Crippen LogP contribution is -2.22. The zero-order chi connectivity index (χ0) is 40.0. The van der Waals surface area contributed by atoms with Crippen molar-refractivity contribution in [3.8, 4) is 28.4 Å². The van der Waals surface area contributed by atoms with E-state index in [0.717, 1.165) is 21.5 Å². The maximum Gasteiger partial charge on any atom is 0.263 e. The van der Waals surface area contributed by atoms with Crippen molar-refractivity contribution in [2.45, 2.75) is 0 Å². The van der Waals surface area contributed by atoms with Gasteiger partial charge in [-0.3, -0.25) is 24.0 Å². The van der Waals surface area contributed by atoms with Crippen molar-refractivity contribution in [2.24, 2.45) is 0 Å². The second-order valence-electron chi connectivity index (χ2n) is 12.9. The molecular formula is C44H32N6O8. The van der Waals surface area contributed by atoms with Crippen LogP contribution in [0.25, 0.3) is 32.7 Å². The number of hydrogen-bond acceptors (Lipinski definition) is 10. The Labute approximate surface area is 330 Å². The third-order valence-electron chi connectivity index (χ3n) is 9.01. The van der Waals surface area contributed by atoms with Gasteiger partial charge in [0, 0.05) is 22.3 Å². The molecule has 8 rings (SSSR count).